The van der Waals surface area contributed by atoms with Gasteiger partial charge in [0, 0.05) is 7.05 Å². The van der Waals surface area contributed by atoms with Crippen molar-refractivity contribution in [2.45, 2.75) is 44.6 Å². The van der Waals surface area contributed by atoms with Crippen molar-refractivity contribution in [1.29, 1.82) is 0 Å². The van der Waals surface area contributed by atoms with Crippen LogP contribution in [0.25, 0.3) is 0 Å². The Bertz CT molecular complexity index is 299. The van der Waals surface area contributed by atoms with Crippen molar-refractivity contribution in [3.63, 3.8) is 0 Å². The maximum Gasteiger partial charge on any atom is 0.0753 e. The predicted octanol–water partition coefficient (Wildman–Crippen LogP) is 1.79. The molecule has 2 N–H and O–H groups in total. The van der Waals surface area contributed by atoms with Crippen LogP contribution in [0, 0.1) is 5.92 Å². The van der Waals surface area contributed by atoms with Crippen molar-refractivity contribution in [2.75, 3.05) is 0 Å². The van der Waals surface area contributed by atoms with E-state index in [-0.39, 0.29) is 6.04 Å². The Morgan fingerprint density at radius 2 is 2.00 bits per heavy atom. The lowest BCUT2D eigenvalue weighted by molar-refractivity contribution is 0.368. The van der Waals surface area contributed by atoms with Crippen molar-refractivity contribution >= 4 is 0 Å². The number of hydrogen-bond donors (Lipinski definition) is 1. The average Bonchev–Trinajstić information content (AvgIpc) is 2.53. The monoisotopic (exact) mass is 208 g/mol. The molecule has 1 saturated carbocycles. The van der Waals surface area contributed by atoms with Gasteiger partial charge in [-0.1, -0.05) is 30.9 Å². The fourth-order valence-electron chi connectivity index (χ4n) is 2.51. The van der Waals surface area contributed by atoms with Gasteiger partial charge in [-0.25, -0.2) is 0 Å². The van der Waals surface area contributed by atoms with E-state index in [2.05, 4.69) is 10.3 Å². The smallest absolute Gasteiger partial charge is 0.0753 e. The Morgan fingerprint density at radius 1 is 1.33 bits per heavy atom. The summed E-state index contributed by atoms with van der Waals surface area (Å²) < 4.78 is 1.80. The van der Waals surface area contributed by atoms with E-state index >= 15 is 0 Å². The van der Waals surface area contributed by atoms with E-state index in [9.17, 15) is 0 Å². The molecule has 1 aliphatic rings. The second-order valence-corrected chi connectivity index (χ2v) is 4.56. The number of nitrogens with two attached hydrogens (primary N) is 1. The van der Waals surface area contributed by atoms with E-state index in [0.29, 0.717) is 5.92 Å². The normalized spacial score (nSPS) is 21.2. The highest BCUT2D eigenvalue weighted by molar-refractivity contribution is 5.02. The third kappa shape index (κ3) is 2.37. The first kappa shape index (κ1) is 10.6. The van der Waals surface area contributed by atoms with Gasteiger partial charge in [-0.15, -0.1) is 5.10 Å². The number of nitrogens with zero attached hydrogens (tertiary/aromatic N) is 3. The standard InChI is InChI=1S/C11H20N4/c1-15-10(8-13-14-15)11(12)9-6-4-2-3-5-7-9/h8-9,11H,2-7,12H2,1H3. The van der Waals surface area contributed by atoms with Gasteiger partial charge in [-0.2, -0.15) is 0 Å². The van der Waals surface area contributed by atoms with Crippen LogP contribution >= 0.6 is 0 Å². The van der Waals surface area contributed by atoms with E-state index in [1.807, 2.05) is 7.05 Å². The minimum atomic E-state index is 0.114. The van der Waals surface area contributed by atoms with Crippen molar-refractivity contribution in [1.82, 2.24) is 15.0 Å². The maximum absolute atomic E-state index is 6.28. The summed E-state index contributed by atoms with van der Waals surface area (Å²) in [7, 11) is 1.92. The van der Waals surface area contributed by atoms with Crippen LogP contribution in [0.15, 0.2) is 6.20 Å². The number of aryl methyl sites for hydroxylation is 1. The maximum atomic E-state index is 6.28. The molecule has 0 amide bonds. The molecule has 1 fully saturated rings. The number of rotatable bonds is 2. The first-order valence-electron chi connectivity index (χ1n) is 5.89. The van der Waals surface area contributed by atoms with Gasteiger partial charge >= 0.3 is 0 Å². The zero-order valence-electron chi connectivity index (χ0n) is 9.39. The summed E-state index contributed by atoms with van der Waals surface area (Å²) in [6, 6.07) is 0.114. The molecule has 4 nitrogen and oxygen atoms in total. The van der Waals surface area contributed by atoms with Gasteiger partial charge < -0.3 is 5.73 Å². The fraction of sp³-hybridized carbons (Fsp3) is 0.818. The van der Waals surface area contributed by atoms with Crippen LogP contribution in [-0.2, 0) is 7.05 Å². The minimum absolute atomic E-state index is 0.114. The summed E-state index contributed by atoms with van der Waals surface area (Å²) in [5.74, 6) is 0.615. The van der Waals surface area contributed by atoms with Crippen molar-refractivity contribution in [2.24, 2.45) is 18.7 Å². The van der Waals surface area contributed by atoms with Gasteiger partial charge in [0.15, 0.2) is 0 Å². The first-order valence-corrected chi connectivity index (χ1v) is 5.89. The molecular weight excluding hydrogens is 188 g/mol. The van der Waals surface area contributed by atoms with E-state index < -0.39 is 0 Å². The summed E-state index contributed by atoms with van der Waals surface area (Å²) >= 11 is 0. The third-order valence-corrected chi connectivity index (χ3v) is 3.50. The molecule has 0 aliphatic heterocycles. The summed E-state index contributed by atoms with van der Waals surface area (Å²) in [5.41, 5.74) is 7.35. The molecule has 4 heteroatoms. The van der Waals surface area contributed by atoms with Crippen molar-refractivity contribution < 1.29 is 0 Å². The summed E-state index contributed by atoms with van der Waals surface area (Å²) in [6.07, 6.45) is 9.70. The Kier molecular flexibility index (Phi) is 3.36. The molecule has 1 unspecified atom stereocenters. The molecular formula is C11H20N4. The lowest BCUT2D eigenvalue weighted by Crippen LogP contribution is -2.23. The van der Waals surface area contributed by atoms with Crippen LogP contribution in [0.1, 0.15) is 50.3 Å². The molecule has 1 aliphatic carbocycles. The Labute approximate surface area is 90.8 Å². The highest BCUT2D eigenvalue weighted by Crippen LogP contribution is 2.31. The predicted molar refractivity (Wildman–Crippen MR) is 59.1 cm³/mol. The van der Waals surface area contributed by atoms with Gasteiger partial charge in [0.2, 0.25) is 0 Å². The largest absolute Gasteiger partial charge is 0.322 e. The highest BCUT2D eigenvalue weighted by Gasteiger charge is 2.23. The van der Waals surface area contributed by atoms with Crippen LogP contribution in [0.4, 0.5) is 0 Å². The first-order chi connectivity index (χ1) is 7.29. The summed E-state index contributed by atoms with van der Waals surface area (Å²) in [6.45, 7) is 0. The Morgan fingerprint density at radius 3 is 2.53 bits per heavy atom. The fourth-order valence-corrected chi connectivity index (χ4v) is 2.51. The van der Waals surface area contributed by atoms with E-state index in [1.165, 1.54) is 38.5 Å². The Balaban J connectivity index is 2.06. The summed E-state index contributed by atoms with van der Waals surface area (Å²) in [5, 5.41) is 7.84. The SMILES string of the molecule is Cn1nncc1C(N)C1CCCCCC1. The van der Waals surface area contributed by atoms with E-state index in [1.54, 1.807) is 10.9 Å². The van der Waals surface area contributed by atoms with E-state index in [0.717, 1.165) is 5.69 Å². The molecule has 2 rings (SSSR count). The van der Waals surface area contributed by atoms with Crippen molar-refractivity contribution in [3.05, 3.63) is 11.9 Å². The van der Waals surface area contributed by atoms with Crippen molar-refractivity contribution in [3.8, 4) is 0 Å². The molecule has 0 aromatic carbocycles. The van der Waals surface area contributed by atoms with E-state index in [4.69, 9.17) is 5.73 Å². The van der Waals surface area contributed by atoms with Gasteiger partial charge in [0.1, 0.15) is 0 Å². The number of aromatic nitrogens is 3. The molecule has 15 heavy (non-hydrogen) atoms. The molecule has 1 aromatic heterocycles. The zero-order chi connectivity index (χ0) is 10.7. The molecule has 1 aromatic rings. The topological polar surface area (TPSA) is 56.7 Å². The van der Waals surface area contributed by atoms with Crippen LogP contribution in [0.3, 0.4) is 0 Å². The molecule has 1 heterocycles. The molecule has 0 saturated heterocycles. The quantitative estimate of drug-likeness (QED) is 0.754. The van der Waals surface area contributed by atoms with Crippen LogP contribution in [-0.4, -0.2) is 15.0 Å². The molecule has 0 bridgehead atoms. The van der Waals surface area contributed by atoms with Crippen LogP contribution in [0.5, 0.6) is 0 Å². The molecule has 0 spiro atoms. The minimum Gasteiger partial charge on any atom is -0.322 e. The lowest BCUT2D eigenvalue weighted by atomic mass is 9.91. The molecule has 84 valence electrons. The lowest BCUT2D eigenvalue weighted by Gasteiger charge is -2.21. The van der Waals surface area contributed by atoms with Crippen LogP contribution in [0.2, 0.25) is 0 Å². The Hall–Kier alpha value is -0.900. The third-order valence-electron chi connectivity index (χ3n) is 3.50. The van der Waals surface area contributed by atoms with Gasteiger partial charge in [-0.3, -0.25) is 4.68 Å². The average molecular weight is 208 g/mol. The van der Waals surface area contributed by atoms with Gasteiger partial charge in [0.25, 0.3) is 0 Å². The zero-order valence-corrected chi connectivity index (χ0v) is 9.39. The second-order valence-electron chi connectivity index (χ2n) is 4.56. The molecule has 0 radical (unpaired) electrons. The molecule has 1 atom stereocenters. The highest BCUT2D eigenvalue weighted by atomic mass is 15.4. The number of hydrogen-bond acceptors (Lipinski definition) is 3. The van der Waals surface area contributed by atoms with Gasteiger partial charge in [0.05, 0.1) is 17.9 Å². The van der Waals surface area contributed by atoms with Gasteiger partial charge in [-0.05, 0) is 18.8 Å². The second kappa shape index (κ2) is 4.75. The summed E-state index contributed by atoms with van der Waals surface area (Å²) in [4.78, 5) is 0. The van der Waals surface area contributed by atoms with Crippen LogP contribution < -0.4 is 5.73 Å².